The van der Waals surface area contributed by atoms with Gasteiger partial charge in [0.25, 0.3) is 0 Å². The Balaban J connectivity index is -0.000000115. The lowest BCUT2D eigenvalue weighted by molar-refractivity contribution is 0.186. The van der Waals surface area contributed by atoms with E-state index in [-0.39, 0.29) is 6.61 Å². The van der Waals surface area contributed by atoms with Crippen LogP contribution >= 0.6 is 0 Å². The van der Waals surface area contributed by atoms with Crippen molar-refractivity contribution in [1.29, 1.82) is 0 Å². The molecule has 0 aliphatic carbocycles. The minimum atomic E-state index is 0.105. The van der Waals surface area contributed by atoms with Crippen molar-refractivity contribution in [3.8, 4) is 0 Å². The number of rotatable bonds is 3. The third-order valence-corrected chi connectivity index (χ3v) is 0.748. The predicted molar refractivity (Wildman–Crippen MR) is 56.9 cm³/mol. The molecule has 0 saturated heterocycles. The van der Waals surface area contributed by atoms with E-state index in [1.165, 1.54) is 6.42 Å². The zero-order chi connectivity index (χ0) is 10.2. The minimum Gasteiger partial charge on any atom is -0.237 e. The summed E-state index contributed by atoms with van der Waals surface area (Å²) >= 11 is 0. The van der Waals surface area contributed by atoms with Crippen molar-refractivity contribution >= 4 is 0 Å². The fourth-order valence-electron chi connectivity index (χ4n) is 0.352. The Morgan fingerprint density at radius 1 is 1.17 bits per heavy atom. The van der Waals surface area contributed by atoms with Gasteiger partial charge in [0.1, 0.15) is 0 Å². The summed E-state index contributed by atoms with van der Waals surface area (Å²) in [5.74, 6) is 0. The Kier molecular flexibility index (Phi) is 45.7. The van der Waals surface area contributed by atoms with Crippen molar-refractivity contribution in [1.82, 2.24) is 0 Å². The zero-order valence-electron chi connectivity index (χ0n) is 9.23. The summed E-state index contributed by atoms with van der Waals surface area (Å²) in [6, 6.07) is 0. The number of hydrogen-bond acceptors (Lipinski definition) is 0. The standard InChI is InChI=1S/C5H11O.C3H8.C3H6/c1-2-3-4-5-6;2*1-3-2/h2-5H2,1H3;3H2,1-2H3;3H,1H2,2H3. The largest absolute Gasteiger partial charge is 0.237 e. The van der Waals surface area contributed by atoms with E-state index in [0.29, 0.717) is 0 Å². The maximum atomic E-state index is 9.69. The van der Waals surface area contributed by atoms with Crippen LogP contribution in [0.2, 0.25) is 0 Å². The second-order valence-electron chi connectivity index (χ2n) is 2.53. The fraction of sp³-hybridized carbons (Fsp3) is 0.818. The van der Waals surface area contributed by atoms with E-state index in [0.717, 1.165) is 19.3 Å². The van der Waals surface area contributed by atoms with Gasteiger partial charge < -0.3 is 0 Å². The highest BCUT2D eigenvalue weighted by Crippen LogP contribution is 1.89. The van der Waals surface area contributed by atoms with Gasteiger partial charge in [-0.3, -0.25) is 0 Å². The van der Waals surface area contributed by atoms with Crippen molar-refractivity contribution in [3.05, 3.63) is 12.7 Å². The van der Waals surface area contributed by atoms with Gasteiger partial charge in [-0.1, -0.05) is 46.1 Å². The van der Waals surface area contributed by atoms with E-state index in [2.05, 4.69) is 27.4 Å². The third kappa shape index (κ3) is 101. The molecule has 0 saturated carbocycles. The maximum absolute atomic E-state index is 9.69. The van der Waals surface area contributed by atoms with Crippen molar-refractivity contribution in [2.24, 2.45) is 0 Å². The molecular formula is C11H25O. The van der Waals surface area contributed by atoms with Crippen LogP contribution in [0.3, 0.4) is 0 Å². The van der Waals surface area contributed by atoms with Crippen LogP contribution in [-0.4, -0.2) is 6.61 Å². The molecule has 0 bridgehead atoms. The van der Waals surface area contributed by atoms with Gasteiger partial charge in [0.15, 0.2) is 0 Å². The molecule has 0 fully saturated rings. The van der Waals surface area contributed by atoms with Crippen LogP contribution in [-0.2, 0) is 5.11 Å². The molecule has 0 heterocycles. The van der Waals surface area contributed by atoms with Crippen LogP contribution in [0.5, 0.6) is 0 Å². The van der Waals surface area contributed by atoms with Gasteiger partial charge in [0, 0.05) is 0 Å². The van der Waals surface area contributed by atoms with Gasteiger partial charge in [-0.2, -0.15) is 0 Å². The molecule has 0 aliphatic rings. The SMILES string of the molecule is C=CC.CCC.CCCCC[O]. The summed E-state index contributed by atoms with van der Waals surface area (Å²) in [6.07, 6.45) is 6.11. The van der Waals surface area contributed by atoms with Crippen LogP contribution in [0.4, 0.5) is 0 Å². The molecule has 12 heavy (non-hydrogen) atoms. The van der Waals surface area contributed by atoms with Crippen molar-refractivity contribution < 1.29 is 5.11 Å². The molecule has 0 unspecified atom stereocenters. The Labute approximate surface area is 78.5 Å². The Morgan fingerprint density at radius 3 is 1.58 bits per heavy atom. The first-order valence-electron chi connectivity index (χ1n) is 4.90. The van der Waals surface area contributed by atoms with Gasteiger partial charge in [0.05, 0.1) is 6.61 Å². The summed E-state index contributed by atoms with van der Waals surface area (Å²) in [7, 11) is 0. The zero-order valence-corrected chi connectivity index (χ0v) is 9.23. The first-order chi connectivity index (χ1) is 5.74. The van der Waals surface area contributed by atoms with Gasteiger partial charge >= 0.3 is 0 Å². The van der Waals surface area contributed by atoms with E-state index in [4.69, 9.17) is 0 Å². The predicted octanol–water partition coefficient (Wildman–Crippen LogP) is 4.22. The summed E-state index contributed by atoms with van der Waals surface area (Å²) in [6.45, 7) is 11.7. The highest BCUT2D eigenvalue weighted by Gasteiger charge is 1.77. The van der Waals surface area contributed by atoms with E-state index in [1.807, 2.05) is 6.92 Å². The summed E-state index contributed by atoms with van der Waals surface area (Å²) < 4.78 is 0. The van der Waals surface area contributed by atoms with Gasteiger partial charge in [-0.15, -0.1) is 6.58 Å². The van der Waals surface area contributed by atoms with Crippen LogP contribution in [0.25, 0.3) is 0 Å². The lowest BCUT2D eigenvalue weighted by Gasteiger charge is -1.84. The van der Waals surface area contributed by atoms with Gasteiger partial charge in [-0.05, 0) is 13.3 Å². The van der Waals surface area contributed by atoms with Gasteiger partial charge in [-0.25, -0.2) is 5.11 Å². The first kappa shape index (κ1) is 17.7. The number of hydrogen-bond donors (Lipinski definition) is 0. The first-order valence-corrected chi connectivity index (χ1v) is 4.90. The van der Waals surface area contributed by atoms with Crippen LogP contribution in [0.15, 0.2) is 12.7 Å². The van der Waals surface area contributed by atoms with Crippen molar-refractivity contribution in [2.45, 2.75) is 53.4 Å². The summed E-state index contributed by atoms with van der Waals surface area (Å²) in [5, 5.41) is 9.69. The fourth-order valence-corrected chi connectivity index (χ4v) is 0.352. The van der Waals surface area contributed by atoms with Crippen LogP contribution in [0, 0.1) is 0 Å². The lowest BCUT2D eigenvalue weighted by Crippen LogP contribution is -1.76. The average molecular weight is 173 g/mol. The molecule has 1 radical (unpaired) electrons. The van der Waals surface area contributed by atoms with E-state index in [9.17, 15) is 5.11 Å². The molecule has 0 N–H and O–H groups in total. The van der Waals surface area contributed by atoms with Crippen LogP contribution < -0.4 is 0 Å². The quantitative estimate of drug-likeness (QED) is 0.450. The van der Waals surface area contributed by atoms with Crippen molar-refractivity contribution in [3.63, 3.8) is 0 Å². The Morgan fingerprint density at radius 2 is 1.50 bits per heavy atom. The molecule has 0 amide bonds. The lowest BCUT2D eigenvalue weighted by atomic mass is 10.3. The van der Waals surface area contributed by atoms with Crippen LogP contribution in [0.1, 0.15) is 53.4 Å². The highest BCUT2D eigenvalue weighted by atomic mass is 16.2. The smallest absolute Gasteiger partial charge is 0.0822 e. The molecular weight excluding hydrogens is 148 g/mol. The Hall–Kier alpha value is -0.300. The second-order valence-corrected chi connectivity index (χ2v) is 2.53. The molecule has 0 aromatic rings. The second kappa shape index (κ2) is 31.0. The highest BCUT2D eigenvalue weighted by molar-refractivity contribution is 4.51. The summed E-state index contributed by atoms with van der Waals surface area (Å²) in [4.78, 5) is 0. The Bertz CT molecular complexity index is 47.0. The average Bonchev–Trinajstić information content (AvgIpc) is 2.04. The molecule has 0 spiro atoms. The molecule has 0 aromatic heterocycles. The molecule has 0 atom stereocenters. The summed E-state index contributed by atoms with van der Waals surface area (Å²) in [5.41, 5.74) is 0. The third-order valence-electron chi connectivity index (χ3n) is 0.748. The van der Waals surface area contributed by atoms with E-state index in [1.54, 1.807) is 6.08 Å². The number of allylic oxidation sites excluding steroid dienone is 1. The normalized spacial score (nSPS) is 7.08. The molecule has 1 nitrogen and oxygen atoms in total. The monoisotopic (exact) mass is 173 g/mol. The topological polar surface area (TPSA) is 19.9 Å². The van der Waals surface area contributed by atoms with Gasteiger partial charge in [0.2, 0.25) is 0 Å². The minimum absolute atomic E-state index is 0.105. The molecule has 75 valence electrons. The maximum Gasteiger partial charge on any atom is 0.0822 e. The van der Waals surface area contributed by atoms with E-state index < -0.39 is 0 Å². The molecule has 0 rings (SSSR count). The molecule has 0 aliphatic heterocycles. The molecule has 1 heteroatoms. The van der Waals surface area contributed by atoms with E-state index >= 15 is 0 Å². The van der Waals surface area contributed by atoms with Crippen molar-refractivity contribution in [2.75, 3.05) is 6.61 Å². The molecule has 0 aromatic carbocycles. The number of unbranched alkanes of at least 4 members (excludes halogenated alkanes) is 2.